The lowest BCUT2D eigenvalue weighted by atomic mass is 10.1. The fraction of sp³-hybridized carbons (Fsp3) is 0.300. The number of carbonyl (C=O) groups excluding carboxylic acids is 2. The summed E-state index contributed by atoms with van der Waals surface area (Å²) >= 11 is 0. The Hall–Kier alpha value is -2.62. The Morgan fingerprint density at radius 3 is 2.42 bits per heavy atom. The first kappa shape index (κ1) is 17.7. The van der Waals surface area contributed by atoms with Gasteiger partial charge in [-0.05, 0) is 42.7 Å². The number of rotatable bonds is 5. The molecule has 0 aliphatic carbocycles. The Bertz CT molecular complexity index is 751. The van der Waals surface area contributed by atoms with Crippen LogP contribution in [-0.4, -0.2) is 11.8 Å². The molecule has 126 valence electrons. The predicted octanol–water partition coefficient (Wildman–Crippen LogP) is 4.40. The molecule has 0 aliphatic rings. The minimum absolute atomic E-state index is 0.0697. The van der Waals surface area contributed by atoms with E-state index in [1.165, 1.54) is 0 Å². The molecular formula is C20H24N2O2. The van der Waals surface area contributed by atoms with Crippen molar-refractivity contribution in [2.45, 2.75) is 34.1 Å². The van der Waals surface area contributed by atoms with E-state index in [2.05, 4.69) is 17.6 Å². The number of para-hydroxylation sites is 1. The van der Waals surface area contributed by atoms with Gasteiger partial charge in [0.25, 0.3) is 5.91 Å². The van der Waals surface area contributed by atoms with Crippen LogP contribution in [0.1, 0.15) is 42.3 Å². The van der Waals surface area contributed by atoms with Gasteiger partial charge >= 0.3 is 0 Å². The highest BCUT2D eigenvalue weighted by atomic mass is 16.2. The average molecular weight is 324 g/mol. The van der Waals surface area contributed by atoms with Crippen LogP contribution in [0.2, 0.25) is 0 Å². The highest BCUT2D eigenvalue weighted by Gasteiger charge is 2.12. The van der Waals surface area contributed by atoms with Gasteiger partial charge in [-0.1, -0.05) is 45.0 Å². The molecule has 0 aromatic heterocycles. The van der Waals surface area contributed by atoms with Crippen LogP contribution >= 0.6 is 0 Å². The Kier molecular flexibility index (Phi) is 5.74. The van der Waals surface area contributed by atoms with Crippen LogP contribution in [0.25, 0.3) is 0 Å². The lowest BCUT2D eigenvalue weighted by molar-refractivity contribution is -0.118. The van der Waals surface area contributed by atoms with E-state index in [1.54, 1.807) is 24.3 Å². The molecule has 0 radical (unpaired) electrons. The van der Waals surface area contributed by atoms with Gasteiger partial charge in [0.2, 0.25) is 5.91 Å². The van der Waals surface area contributed by atoms with Crippen molar-refractivity contribution in [2.75, 3.05) is 10.6 Å². The summed E-state index contributed by atoms with van der Waals surface area (Å²) in [5, 5.41) is 5.81. The quantitative estimate of drug-likeness (QED) is 0.856. The van der Waals surface area contributed by atoms with Crippen LogP contribution < -0.4 is 10.6 Å². The van der Waals surface area contributed by atoms with E-state index in [4.69, 9.17) is 0 Å². The summed E-state index contributed by atoms with van der Waals surface area (Å²) in [6.07, 6.45) is 0.849. The normalized spacial score (nSPS) is 10.5. The molecular weight excluding hydrogens is 300 g/mol. The maximum atomic E-state index is 12.6. The zero-order valence-corrected chi connectivity index (χ0v) is 14.6. The van der Waals surface area contributed by atoms with Gasteiger partial charge in [0.1, 0.15) is 0 Å². The molecule has 0 bridgehead atoms. The Morgan fingerprint density at radius 2 is 1.75 bits per heavy atom. The molecule has 0 atom stereocenters. The van der Waals surface area contributed by atoms with Crippen molar-refractivity contribution < 1.29 is 9.59 Å². The van der Waals surface area contributed by atoms with Crippen molar-refractivity contribution in [3.05, 3.63) is 59.2 Å². The van der Waals surface area contributed by atoms with Crippen molar-refractivity contribution in [2.24, 2.45) is 5.92 Å². The molecule has 4 nitrogen and oxygen atoms in total. The van der Waals surface area contributed by atoms with Crippen LogP contribution in [0.15, 0.2) is 42.5 Å². The first-order valence-corrected chi connectivity index (χ1v) is 8.23. The van der Waals surface area contributed by atoms with E-state index in [-0.39, 0.29) is 17.7 Å². The number of amides is 2. The molecule has 0 unspecified atom stereocenters. The summed E-state index contributed by atoms with van der Waals surface area (Å²) in [6.45, 7) is 7.70. The summed E-state index contributed by atoms with van der Waals surface area (Å²) in [5.41, 5.74) is 4.14. The Morgan fingerprint density at radius 1 is 1.04 bits per heavy atom. The fourth-order valence-electron chi connectivity index (χ4n) is 2.41. The molecule has 4 heteroatoms. The van der Waals surface area contributed by atoms with Gasteiger partial charge in [0, 0.05) is 22.9 Å². The molecule has 0 fully saturated rings. The van der Waals surface area contributed by atoms with Crippen molar-refractivity contribution in [1.82, 2.24) is 0 Å². The van der Waals surface area contributed by atoms with Crippen LogP contribution in [0.4, 0.5) is 11.4 Å². The highest BCUT2D eigenvalue weighted by molar-refractivity contribution is 6.06. The van der Waals surface area contributed by atoms with Crippen molar-refractivity contribution in [3.8, 4) is 0 Å². The highest BCUT2D eigenvalue weighted by Crippen LogP contribution is 2.22. The maximum Gasteiger partial charge on any atom is 0.255 e. The molecule has 2 aromatic carbocycles. The Labute approximate surface area is 143 Å². The van der Waals surface area contributed by atoms with E-state index >= 15 is 0 Å². The molecule has 0 spiro atoms. The molecule has 0 heterocycles. The molecule has 0 saturated carbocycles. The maximum absolute atomic E-state index is 12.6. The fourth-order valence-corrected chi connectivity index (χ4v) is 2.41. The zero-order valence-electron chi connectivity index (χ0n) is 14.6. The van der Waals surface area contributed by atoms with Crippen LogP contribution in [0.5, 0.6) is 0 Å². The second-order valence-corrected chi connectivity index (χ2v) is 6.14. The van der Waals surface area contributed by atoms with E-state index in [0.717, 1.165) is 23.2 Å². The first-order chi connectivity index (χ1) is 11.4. The van der Waals surface area contributed by atoms with Crippen LogP contribution in [0, 0.1) is 12.8 Å². The summed E-state index contributed by atoms with van der Waals surface area (Å²) in [4.78, 5) is 24.4. The number of aryl methyl sites for hydroxylation is 2. The number of carbonyl (C=O) groups is 2. The molecule has 0 saturated heterocycles. The summed E-state index contributed by atoms with van der Waals surface area (Å²) in [5.74, 6) is -0.360. The predicted molar refractivity (Wildman–Crippen MR) is 98.4 cm³/mol. The van der Waals surface area contributed by atoms with Crippen molar-refractivity contribution >= 4 is 23.2 Å². The second kappa shape index (κ2) is 7.77. The van der Waals surface area contributed by atoms with Gasteiger partial charge in [0.15, 0.2) is 0 Å². The molecule has 0 aliphatic heterocycles. The van der Waals surface area contributed by atoms with Gasteiger partial charge in [-0.3, -0.25) is 9.59 Å². The topological polar surface area (TPSA) is 58.2 Å². The smallest absolute Gasteiger partial charge is 0.255 e. The SMILES string of the molecule is CCc1cccc(C)c1NC(=O)c1cccc(NC(=O)C(C)C)c1. The number of nitrogens with one attached hydrogen (secondary N) is 2. The van der Waals surface area contributed by atoms with Crippen molar-refractivity contribution in [3.63, 3.8) is 0 Å². The van der Waals surface area contributed by atoms with Crippen molar-refractivity contribution in [1.29, 1.82) is 0 Å². The van der Waals surface area contributed by atoms with E-state index in [9.17, 15) is 9.59 Å². The average Bonchev–Trinajstić information content (AvgIpc) is 2.56. The van der Waals surface area contributed by atoms with Crippen LogP contribution in [0.3, 0.4) is 0 Å². The number of benzene rings is 2. The third kappa shape index (κ3) is 4.22. The number of hydrogen-bond acceptors (Lipinski definition) is 2. The largest absolute Gasteiger partial charge is 0.326 e. The minimum atomic E-state index is -0.181. The second-order valence-electron chi connectivity index (χ2n) is 6.14. The third-order valence-electron chi connectivity index (χ3n) is 3.90. The number of anilines is 2. The zero-order chi connectivity index (χ0) is 17.7. The molecule has 2 aromatic rings. The monoisotopic (exact) mass is 324 g/mol. The van der Waals surface area contributed by atoms with Gasteiger partial charge in [-0.15, -0.1) is 0 Å². The standard InChI is InChI=1S/C20H24N2O2/c1-5-15-9-6-8-14(4)18(15)22-20(24)16-10-7-11-17(12-16)21-19(23)13(2)3/h6-13H,5H2,1-4H3,(H,21,23)(H,22,24). The van der Waals surface area contributed by atoms with E-state index in [1.807, 2.05) is 39.0 Å². The lowest BCUT2D eigenvalue weighted by Crippen LogP contribution is -2.18. The third-order valence-corrected chi connectivity index (χ3v) is 3.90. The van der Waals surface area contributed by atoms with Gasteiger partial charge < -0.3 is 10.6 Å². The Balaban J connectivity index is 2.21. The summed E-state index contributed by atoms with van der Waals surface area (Å²) in [7, 11) is 0. The molecule has 2 amide bonds. The molecule has 2 rings (SSSR count). The van der Waals surface area contributed by atoms with E-state index in [0.29, 0.717) is 11.3 Å². The minimum Gasteiger partial charge on any atom is -0.326 e. The van der Waals surface area contributed by atoms with Crippen LogP contribution in [-0.2, 0) is 11.2 Å². The summed E-state index contributed by atoms with van der Waals surface area (Å²) in [6, 6.07) is 13.0. The van der Waals surface area contributed by atoms with Gasteiger partial charge in [0.05, 0.1) is 0 Å². The van der Waals surface area contributed by atoms with Gasteiger partial charge in [-0.2, -0.15) is 0 Å². The van der Waals surface area contributed by atoms with Gasteiger partial charge in [-0.25, -0.2) is 0 Å². The molecule has 24 heavy (non-hydrogen) atoms. The summed E-state index contributed by atoms with van der Waals surface area (Å²) < 4.78 is 0. The molecule has 2 N–H and O–H groups in total. The first-order valence-electron chi connectivity index (χ1n) is 8.23. The van der Waals surface area contributed by atoms with E-state index < -0.39 is 0 Å². The number of hydrogen-bond donors (Lipinski definition) is 2. The lowest BCUT2D eigenvalue weighted by Gasteiger charge is -2.14.